The number of aromatic nitrogens is 1. The van der Waals surface area contributed by atoms with Gasteiger partial charge in [0.05, 0.1) is 0 Å². The van der Waals surface area contributed by atoms with Gasteiger partial charge in [0.25, 0.3) is 0 Å². The number of nitrogens with one attached hydrogen (secondary N) is 2. The fourth-order valence-electron chi connectivity index (χ4n) is 1.35. The van der Waals surface area contributed by atoms with Gasteiger partial charge in [0.1, 0.15) is 5.82 Å². The van der Waals surface area contributed by atoms with Crippen LogP contribution in [-0.4, -0.2) is 12.0 Å². The summed E-state index contributed by atoms with van der Waals surface area (Å²) in [6.07, 6.45) is 3.92. The number of H-pyrrole nitrogens is 1. The molecule has 1 heterocycles. The van der Waals surface area contributed by atoms with E-state index < -0.39 is 0 Å². The highest BCUT2D eigenvalue weighted by atomic mass is 15.0. The summed E-state index contributed by atoms with van der Waals surface area (Å²) in [7, 11) is 1.91. The first kappa shape index (κ1) is 8.91. The van der Waals surface area contributed by atoms with Crippen LogP contribution >= 0.6 is 0 Å². The molecule has 12 heavy (non-hydrogen) atoms. The Bertz CT molecular complexity index is 271. The van der Waals surface area contributed by atoms with Gasteiger partial charge in [0, 0.05) is 18.8 Å². The molecule has 0 saturated carbocycles. The quantitative estimate of drug-likeness (QED) is 0.706. The Labute approximate surface area is 73.7 Å². The van der Waals surface area contributed by atoms with Crippen molar-refractivity contribution in [3.05, 3.63) is 23.9 Å². The lowest BCUT2D eigenvalue weighted by Crippen LogP contribution is -1.91. The van der Waals surface area contributed by atoms with Crippen molar-refractivity contribution in [3.63, 3.8) is 0 Å². The summed E-state index contributed by atoms with van der Waals surface area (Å²) in [5.74, 6) is 1.59. The molecular formula is C10H16N2. The average Bonchev–Trinajstić information content (AvgIpc) is 2.46. The maximum Gasteiger partial charge on any atom is 0.110 e. The zero-order valence-electron chi connectivity index (χ0n) is 7.94. The topological polar surface area (TPSA) is 27.8 Å². The molecule has 0 aliphatic rings. The summed E-state index contributed by atoms with van der Waals surface area (Å²) in [6, 6.07) is 0. The van der Waals surface area contributed by atoms with E-state index in [1.165, 1.54) is 11.1 Å². The molecule has 0 aromatic carbocycles. The highest BCUT2D eigenvalue weighted by molar-refractivity contribution is 5.66. The van der Waals surface area contributed by atoms with Crippen LogP contribution in [0, 0.1) is 0 Å². The van der Waals surface area contributed by atoms with E-state index in [4.69, 9.17) is 0 Å². The van der Waals surface area contributed by atoms with Gasteiger partial charge in [0.15, 0.2) is 0 Å². The smallest absolute Gasteiger partial charge is 0.110 e. The Morgan fingerprint density at radius 1 is 1.58 bits per heavy atom. The largest absolute Gasteiger partial charge is 0.374 e. The standard InChI is InChI=1S/C10H16N2/c1-5-8-9(7(2)3)6-12-10(8)11-4/h5-7,11-12H,1H2,2-4H3. The minimum atomic E-state index is 0.538. The van der Waals surface area contributed by atoms with E-state index in [0.29, 0.717) is 5.92 Å². The summed E-state index contributed by atoms with van der Waals surface area (Å²) >= 11 is 0. The Morgan fingerprint density at radius 3 is 2.67 bits per heavy atom. The summed E-state index contributed by atoms with van der Waals surface area (Å²) in [6.45, 7) is 8.15. The number of aromatic amines is 1. The van der Waals surface area contributed by atoms with E-state index in [1.54, 1.807) is 0 Å². The van der Waals surface area contributed by atoms with Crippen molar-refractivity contribution >= 4 is 11.9 Å². The van der Waals surface area contributed by atoms with Gasteiger partial charge in [-0.2, -0.15) is 0 Å². The highest BCUT2D eigenvalue weighted by Crippen LogP contribution is 2.26. The number of rotatable bonds is 3. The minimum Gasteiger partial charge on any atom is -0.374 e. The predicted octanol–water partition coefficient (Wildman–Crippen LogP) is 2.82. The van der Waals surface area contributed by atoms with Gasteiger partial charge in [-0.15, -0.1) is 0 Å². The summed E-state index contributed by atoms with van der Waals surface area (Å²) < 4.78 is 0. The Morgan fingerprint density at radius 2 is 2.25 bits per heavy atom. The van der Waals surface area contributed by atoms with E-state index in [1.807, 2.05) is 19.3 Å². The molecule has 0 unspecified atom stereocenters. The maximum atomic E-state index is 3.79. The molecule has 0 spiro atoms. The molecule has 1 aromatic rings. The molecule has 0 atom stereocenters. The normalized spacial score (nSPS) is 10.3. The molecule has 0 aliphatic carbocycles. The zero-order valence-corrected chi connectivity index (χ0v) is 7.94. The van der Waals surface area contributed by atoms with Gasteiger partial charge in [0.2, 0.25) is 0 Å². The molecule has 66 valence electrons. The molecule has 0 radical (unpaired) electrons. The van der Waals surface area contributed by atoms with Crippen molar-refractivity contribution in [1.82, 2.24) is 4.98 Å². The van der Waals surface area contributed by atoms with E-state index in [2.05, 4.69) is 30.7 Å². The van der Waals surface area contributed by atoms with Gasteiger partial charge in [-0.3, -0.25) is 0 Å². The second-order valence-corrected chi connectivity index (χ2v) is 3.14. The first-order chi connectivity index (χ1) is 5.70. The third-order valence-electron chi connectivity index (χ3n) is 2.03. The van der Waals surface area contributed by atoms with E-state index in [-0.39, 0.29) is 0 Å². The third kappa shape index (κ3) is 1.37. The lowest BCUT2D eigenvalue weighted by atomic mass is 10.0. The Hall–Kier alpha value is -1.18. The van der Waals surface area contributed by atoms with Crippen LogP contribution in [0.1, 0.15) is 30.9 Å². The molecule has 2 heteroatoms. The lowest BCUT2D eigenvalue weighted by molar-refractivity contribution is 0.866. The predicted molar refractivity (Wildman–Crippen MR) is 54.5 cm³/mol. The fraction of sp³-hybridized carbons (Fsp3) is 0.400. The average molecular weight is 164 g/mol. The van der Waals surface area contributed by atoms with Crippen LogP contribution < -0.4 is 5.32 Å². The van der Waals surface area contributed by atoms with Crippen molar-refractivity contribution in [2.75, 3.05) is 12.4 Å². The first-order valence-corrected chi connectivity index (χ1v) is 4.22. The second-order valence-electron chi connectivity index (χ2n) is 3.14. The molecule has 0 fully saturated rings. The van der Waals surface area contributed by atoms with Crippen molar-refractivity contribution in [2.45, 2.75) is 19.8 Å². The summed E-state index contributed by atoms with van der Waals surface area (Å²) in [4.78, 5) is 3.17. The zero-order chi connectivity index (χ0) is 9.14. The van der Waals surface area contributed by atoms with E-state index in [0.717, 1.165) is 5.82 Å². The second kappa shape index (κ2) is 3.48. The van der Waals surface area contributed by atoms with Gasteiger partial charge >= 0.3 is 0 Å². The summed E-state index contributed by atoms with van der Waals surface area (Å²) in [5.41, 5.74) is 2.50. The van der Waals surface area contributed by atoms with Gasteiger partial charge in [-0.1, -0.05) is 26.5 Å². The van der Waals surface area contributed by atoms with Crippen molar-refractivity contribution in [2.24, 2.45) is 0 Å². The SMILES string of the molecule is C=Cc1c(C(C)C)c[nH]c1NC. The van der Waals surface area contributed by atoms with Crippen LogP contribution in [0.5, 0.6) is 0 Å². The van der Waals surface area contributed by atoms with Crippen molar-refractivity contribution in [1.29, 1.82) is 0 Å². The van der Waals surface area contributed by atoms with Crippen LogP contribution in [-0.2, 0) is 0 Å². The molecule has 1 rings (SSSR count). The van der Waals surface area contributed by atoms with Crippen LogP contribution in [0.2, 0.25) is 0 Å². The van der Waals surface area contributed by atoms with Crippen LogP contribution in [0.15, 0.2) is 12.8 Å². The van der Waals surface area contributed by atoms with E-state index in [9.17, 15) is 0 Å². The van der Waals surface area contributed by atoms with Crippen LogP contribution in [0.4, 0.5) is 5.82 Å². The molecule has 0 saturated heterocycles. The molecule has 2 nitrogen and oxygen atoms in total. The fourth-order valence-corrected chi connectivity index (χ4v) is 1.35. The Kier molecular flexibility index (Phi) is 2.58. The molecule has 0 bridgehead atoms. The monoisotopic (exact) mass is 164 g/mol. The van der Waals surface area contributed by atoms with Gasteiger partial charge in [-0.05, 0) is 11.5 Å². The van der Waals surface area contributed by atoms with Crippen LogP contribution in [0.25, 0.3) is 6.08 Å². The maximum absolute atomic E-state index is 3.79. The Balaban J connectivity index is 3.13. The third-order valence-corrected chi connectivity index (χ3v) is 2.03. The lowest BCUT2D eigenvalue weighted by Gasteiger charge is -2.04. The molecule has 0 amide bonds. The molecule has 1 aromatic heterocycles. The molecule has 2 N–H and O–H groups in total. The highest BCUT2D eigenvalue weighted by Gasteiger charge is 2.09. The molecule has 0 aliphatic heterocycles. The van der Waals surface area contributed by atoms with Crippen molar-refractivity contribution in [3.8, 4) is 0 Å². The number of anilines is 1. The first-order valence-electron chi connectivity index (χ1n) is 4.22. The number of hydrogen-bond donors (Lipinski definition) is 2. The van der Waals surface area contributed by atoms with E-state index >= 15 is 0 Å². The number of hydrogen-bond acceptors (Lipinski definition) is 1. The van der Waals surface area contributed by atoms with Gasteiger partial charge in [-0.25, -0.2) is 0 Å². The van der Waals surface area contributed by atoms with Crippen LogP contribution in [0.3, 0.4) is 0 Å². The molecular weight excluding hydrogens is 148 g/mol. The van der Waals surface area contributed by atoms with Gasteiger partial charge < -0.3 is 10.3 Å². The minimum absolute atomic E-state index is 0.538. The van der Waals surface area contributed by atoms with Crippen molar-refractivity contribution < 1.29 is 0 Å². The summed E-state index contributed by atoms with van der Waals surface area (Å²) in [5, 5.41) is 3.09.